The number of hydrogen-bond donors (Lipinski definition) is 10. The molecule has 5 fully saturated rings. The second kappa shape index (κ2) is 55.4. The second-order valence-electron chi connectivity index (χ2n) is 36.2. The van der Waals surface area contributed by atoms with Crippen LogP contribution in [0.4, 0.5) is 30.7 Å². The van der Waals surface area contributed by atoms with E-state index in [1.807, 2.05) is 0 Å². The average Bonchev–Trinajstić information content (AvgIpc) is 1.62. The molecular formula is C100H123Cl3F7N15O15S5. The topological polar surface area (TPSA) is 462 Å². The van der Waals surface area contributed by atoms with Crippen molar-refractivity contribution < 1.29 is 96.8 Å². The predicted molar refractivity (Wildman–Crippen MR) is 541 cm³/mol. The molecule has 9 aromatic carbocycles. The number of sulfonamides is 5. The highest BCUT2D eigenvalue weighted by Gasteiger charge is 2.38. The minimum Gasteiger partial charge on any atom is -0.338 e. The lowest BCUT2D eigenvalue weighted by molar-refractivity contribution is -0.133. The van der Waals surface area contributed by atoms with E-state index in [0.29, 0.717) is 97.7 Å². The Labute approximate surface area is 858 Å². The van der Waals surface area contributed by atoms with E-state index >= 15 is 0 Å². The van der Waals surface area contributed by atoms with Crippen LogP contribution < -0.4 is 52.3 Å². The first kappa shape index (κ1) is 117. The molecule has 0 saturated carbocycles. The molecular weight excluding hydrogens is 2050 g/mol. The van der Waals surface area contributed by atoms with E-state index in [4.69, 9.17) is 63.5 Å². The molecule has 5 aliphatic heterocycles. The van der Waals surface area contributed by atoms with Crippen molar-refractivity contribution in [2.24, 2.45) is 28.7 Å². The van der Waals surface area contributed by atoms with E-state index in [2.05, 4.69) is 23.6 Å². The number of likely N-dealkylation sites (tertiary alicyclic amines) is 5. The normalized spacial score (nSPS) is 18.1. The van der Waals surface area contributed by atoms with Crippen LogP contribution in [0.5, 0.6) is 0 Å². The quantitative estimate of drug-likeness (QED) is 0.0160. The van der Waals surface area contributed by atoms with Gasteiger partial charge in [0.1, 0.15) is 50.5 Å². The van der Waals surface area contributed by atoms with Gasteiger partial charge in [0.25, 0.3) is 0 Å². The standard InChI is InChI=1S/C21H24Cl2FN3O3S.C21H25ClFN3O3S.2C21H25F2N3O3S.C16H24FN3O3S/c22-15-7-8-18(23)20(11-15)31(29,30)26-13-17-5-3-9-27(17)21(28)12-16(25)10-14-4-1-2-6-19(14)24;22-16-7-9-19(10-8-16)30(28,29)25-14-18-5-3-11-26(18)21(27)13-17(24)12-15-4-1-2-6-20(15)23;22-18-8-2-1-6-15(18)12-16(24)13-21(27)26-11-5-7-17(26)14-25-30(28,29)20-10-4-3-9-19(20)23;22-16-7-9-19(10-8-16)30(28,29)25-14-18-5-3-11-26(18)21(27)13-17(24)12-15-4-1-2-6-20(15)23;1-24(22,23)19-11-14-6-4-8-20(14)16(21)10-13(18)9-12-5-2-3-7-15(12)17/h1-2,4,6-8,11,16-17,26H,3,5,9-10,12-13,25H2;1-2,4,6-10,17-18,25H,3,5,11-14,24H2;1-4,6,8-10,16-17,25H,5,7,11-14,24H2;1-2,4,6-10,17-18,25H,3,5,11-14,24H2;2-3,5,7,13-14,19H,4,6,8-11,18H2,1H3/t16-,17+;17-,18+;16-,17+;17-,18+;13-,14+/m11111/s1. The van der Waals surface area contributed by atoms with Crippen molar-refractivity contribution in [3.63, 3.8) is 0 Å². The molecule has 15 N–H and O–H groups in total. The van der Waals surface area contributed by atoms with Crippen molar-refractivity contribution in [1.29, 1.82) is 0 Å². The molecule has 145 heavy (non-hydrogen) atoms. The number of amides is 5. The van der Waals surface area contributed by atoms with Gasteiger partial charge >= 0.3 is 0 Å². The Balaban J connectivity index is 0.000000186. The Bertz CT molecular complexity index is 6320. The van der Waals surface area contributed by atoms with Gasteiger partial charge in [-0.25, -0.2) is 96.4 Å². The van der Waals surface area contributed by atoms with Crippen LogP contribution in [0, 0.1) is 40.7 Å². The summed E-state index contributed by atoms with van der Waals surface area (Å²) in [5, 5.41) is 0.773. The third-order valence-corrected chi connectivity index (χ3v) is 32.5. The Kier molecular flexibility index (Phi) is 44.7. The van der Waals surface area contributed by atoms with Gasteiger partial charge in [0.2, 0.25) is 79.7 Å². The van der Waals surface area contributed by atoms with Crippen LogP contribution >= 0.6 is 34.8 Å². The Morgan fingerprint density at radius 2 is 0.538 bits per heavy atom. The summed E-state index contributed by atoms with van der Waals surface area (Å²) in [6, 6.07) is 47.5. The number of carbonyl (C=O) groups is 5. The Hall–Kier alpha value is -9.94. The zero-order chi connectivity index (χ0) is 106. The number of carbonyl (C=O) groups excluding carboxylic acids is 5. The highest BCUT2D eigenvalue weighted by Crippen LogP contribution is 2.30. The molecule has 0 unspecified atom stereocenters. The predicted octanol–water partition coefficient (Wildman–Crippen LogP) is 11.1. The highest BCUT2D eigenvalue weighted by atomic mass is 35.5. The third kappa shape index (κ3) is 36.5. The van der Waals surface area contributed by atoms with Gasteiger partial charge in [0.15, 0.2) is 0 Å². The first-order valence-corrected chi connectivity index (χ1v) is 56.3. The maximum absolute atomic E-state index is 13.8. The molecule has 5 heterocycles. The zero-order valence-corrected chi connectivity index (χ0v) is 86.1. The molecule has 0 aromatic heterocycles. The van der Waals surface area contributed by atoms with Crippen molar-refractivity contribution >= 4 is 114 Å². The molecule has 10 atom stereocenters. The smallest absolute Gasteiger partial charge is 0.243 e. The number of rotatable bonds is 39. The molecule has 45 heteroatoms. The molecule has 0 aliphatic carbocycles. The SMILES string of the molecule is CS(=O)(=O)NC[C@@H]1CCCN1C(=O)C[C@H](N)Cc1ccccc1F.N[C@@H](CC(=O)N1CCC[C@H]1CNS(=O)(=O)c1cc(Cl)ccc1Cl)Cc1ccccc1F.N[C@@H](CC(=O)N1CCC[C@H]1CNS(=O)(=O)c1ccc(Cl)cc1)Cc1ccccc1F.N[C@@H](CC(=O)N1CCC[C@H]1CNS(=O)(=O)c1ccc(F)cc1)Cc1ccccc1F.N[C@@H](CC(=O)N1CCC[C@H]1CNS(=O)(=O)c1ccccc1F)Cc1ccccc1F. The van der Waals surface area contributed by atoms with E-state index in [0.717, 1.165) is 63.0 Å². The van der Waals surface area contributed by atoms with Crippen LogP contribution in [-0.4, -0.2) is 228 Å². The summed E-state index contributed by atoms with van der Waals surface area (Å²) in [4.78, 5) is 71.1. The van der Waals surface area contributed by atoms with Crippen molar-refractivity contribution in [1.82, 2.24) is 48.1 Å². The number of halogens is 10. The Morgan fingerprint density at radius 1 is 0.303 bits per heavy atom. The van der Waals surface area contributed by atoms with Gasteiger partial charge in [0, 0.05) is 168 Å². The number of nitrogens with one attached hydrogen (secondary N) is 5. The molecule has 5 amide bonds. The largest absolute Gasteiger partial charge is 0.338 e. The second-order valence-corrected chi connectivity index (χ2v) is 46.3. The molecule has 5 saturated heterocycles. The van der Waals surface area contributed by atoms with Crippen LogP contribution in [-0.2, 0) is 106 Å². The number of hydrogen-bond acceptors (Lipinski definition) is 20. The fourth-order valence-corrected chi connectivity index (χ4v) is 23.4. The van der Waals surface area contributed by atoms with E-state index < -0.39 is 96.9 Å². The molecule has 0 bridgehead atoms. The van der Waals surface area contributed by atoms with Gasteiger partial charge in [-0.1, -0.05) is 138 Å². The summed E-state index contributed by atoms with van der Waals surface area (Å²) < 4.78 is 230. The third-order valence-electron chi connectivity index (χ3n) is 25.0. The van der Waals surface area contributed by atoms with E-state index in [1.54, 1.807) is 115 Å². The van der Waals surface area contributed by atoms with Crippen molar-refractivity contribution in [3.8, 4) is 0 Å². The summed E-state index contributed by atoms with van der Waals surface area (Å²) in [6.07, 6.45) is 10.0. The van der Waals surface area contributed by atoms with Crippen LogP contribution in [0.1, 0.15) is 124 Å². The molecule has 30 nitrogen and oxygen atoms in total. The van der Waals surface area contributed by atoms with Gasteiger partial charge in [0.05, 0.1) is 21.1 Å². The van der Waals surface area contributed by atoms with Crippen molar-refractivity contribution in [2.45, 2.75) is 208 Å². The zero-order valence-electron chi connectivity index (χ0n) is 79.8. The number of benzene rings is 9. The van der Waals surface area contributed by atoms with Crippen LogP contribution in [0.2, 0.25) is 15.1 Å². The first-order chi connectivity index (χ1) is 68.7. The molecule has 788 valence electrons. The first-order valence-electron chi connectivity index (χ1n) is 47.3. The van der Waals surface area contributed by atoms with Crippen LogP contribution in [0.15, 0.2) is 232 Å². The molecule has 0 radical (unpaired) electrons. The lowest BCUT2D eigenvalue weighted by Gasteiger charge is -2.26. The van der Waals surface area contributed by atoms with Gasteiger partial charge in [-0.3, -0.25) is 24.0 Å². The van der Waals surface area contributed by atoms with Crippen molar-refractivity contribution in [2.75, 3.05) is 71.7 Å². The van der Waals surface area contributed by atoms with Crippen LogP contribution in [0.3, 0.4) is 0 Å². The highest BCUT2D eigenvalue weighted by molar-refractivity contribution is 7.90. The lowest BCUT2D eigenvalue weighted by Crippen LogP contribution is -2.45. The fourth-order valence-electron chi connectivity index (χ4n) is 17.6. The fraction of sp³-hybridized carbons (Fsp3) is 0.410. The average molecular weight is 2170 g/mol. The lowest BCUT2D eigenvalue weighted by atomic mass is 10.0. The monoisotopic (exact) mass is 2170 g/mol. The van der Waals surface area contributed by atoms with Crippen molar-refractivity contribution in [3.05, 3.63) is 296 Å². The van der Waals surface area contributed by atoms with Gasteiger partial charge in [-0.15, -0.1) is 0 Å². The van der Waals surface area contributed by atoms with Gasteiger partial charge in [-0.05, 0) is 233 Å². The van der Waals surface area contributed by atoms with E-state index in [-0.39, 0.29) is 204 Å². The molecule has 9 aromatic rings. The summed E-state index contributed by atoms with van der Waals surface area (Å²) in [6.45, 7) is 3.14. The number of nitrogens with two attached hydrogens (primary N) is 5. The maximum Gasteiger partial charge on any atom is 0.243 e. The molecule has 0 spiro atoms. The van der Waals surface area contributed by atoms with E-state index in [1.165, 1.54) is 103 Å². The van der Waals surface area contributed by atoms with Gasteiger partial charge < -0.3 is 53.2 Å². The van der Waals surface area contributed by atoms with Crippen LogP contribution in [0.25, 0.3) is 0 Å². The summed E-state index contributed by atoms with van der Waals surface area (Å²) in [7, 11) is -18.7. The summed E-state index contributed by atoms with van der Waals surface area (Å²) in [5.41, 5.74) is 32.6. The Morgan fingerprint density at radius 3 is 0.807 bits per heavy atom. The number of nitrogens with zero attached hydrogens (tertiary/aromatic N) is 5. The minimum atomic E-state index is -4.03. The molecule has 5 aliphatic rings. The summed E-state index contributed by atoms with van der Waals surface area (Å²) >= 11 is 17.7. The molecule has 14 rings (SSSR count). The maximum atomic E-state index is 13.8. The van der Waals surface area contributed by atoms with E-state index in [9.17, 15) is 96.8 Å². The minimum absolute atomic E-state index is 0.00897. The van der Waals surface area contributed by atoms with Gasteiger partial charge in [-0.2, -0.15) is 0 Å². The summed E-state index contributed by atoms with van der Waals surface area (Å²) in [5.74, 6) is -3.89.